The molecular weight excluding hydrogens is 454 g/mol. The van der Waals surface area contributed by atoms with Gasteiger partial charge in [-0.05, 0) is 13.3 Å². The van der Waals surface area contributed by atoms with Gasteiger partial charge in [0.15, 0.2) is 6.61 Å². The van der Waals surface area contributed by atoms with Crippen LogP contribution in [0.2, 0.25) is 0 Å². The second kappa shape index (κ2) is 9.49. The molecule has 2 fully saturated rings. The van der Waals surface area contributed by atoms with Crippen LogP contribution in [0.4, 0.5) is 22.5 Å². The zero-order chi connectivity index (χ0) is 24.5. The minimum Gasteiger partial charge on any atom is -0.439 e. The number of ether oxygens (including phenoxy) is 2. The van der Waals surface area contributed by atoms with Gasteiger partial charge in [-0.1, -0.05) is 0 Å². The molecule has 0 unspecified atom stereocenters. The normalized spacial score (nSPS) is 19.8. The molecule has 0 aromatic carbocycles. The summed E-state index contributed by atoms with van der Waals surface area (Å²) in [5, 5.41) is 2.43. The second-order valence-electron chi connectivity index (χ2n) is 8.85. The van der Waals surface area contributed by atoms with Gasteiger partial charge >= 0.3 is 6.09 Å². The van der Waals surface area contributed by atoms with Gasteiger partial charge in [0.2, 0.25) is 11.9 Å². The molecule has 186 valence electrons. The second-order valence-corrected chi connectivity index (χ2v) is 8.85. The Morgan fingerprint density at radius 3 is 2.69 bits per heavy atom. The van der Waals surface area contributed by atoms with Crippen molar-refractivity contribution in [3.8, 4) is 11.3 Å². The summed E-state index contributed by atoms with van der Waals surface area (Å²) < 4.78 is 10.7. The first-order valence-electron chi connectivity index (χ1n) is 11.7. The minimum atomic E-state index is -0.491. The van der Waals surface area contributed by atoms with E-state index >= 15 is 0 Å². The molecule has 13 nitrogen and oxygen atoms in total. The lowest BCUT2D eigenvalue weighted by molar-refractivity contribution is -0.123. The van der Waals surface area contributed by atoms with E-state index in [-0.39, 0.29) is 30.5 Å². The van der Waals surface area contributed by atoms with Crippen molar-refractivity contribution in [1.82, 2.24) is 30.2 Å². The van der Waals surface area contributed by atoms with Crippen molar-refractivity contribution in [2.75, 3.05) is 68.6 Å². The molecule has 3 aliphatic rings. The quantitative estimate of drug-likeness (QED) is 0.575. The van der Waals surface area contributed by atoms with Crippen LogP contribution in [0.25, 0.3) is 11.3 Å². The number of anilines is 3. The van der Waals surface area contributed by atoms with Crippen LogP contribution in [0.3, 0.4) is 0 Å². The number of aromatic nitrogens is 4. The van der Waals surface area contributed by atoms with Gasteiger partial charge in [-0.25, -0.2) is 19.7 Å². The van der Waals surface area contributed by atoms with Crippen molar-refractivity contribution in [2.24, 2.45) is 0 Å². The third-order valence-corrected chi connectivity index (χ3v) is 6.58. The van der Waals surface area contributed by atoms with E-state index in [4.69, 9.17) is 25.2 Å². The van der Waals surface area contributed by atoms with Gasteiger partial charge in [-0.15, -0.1) is 0 Å². The molecule has 0 spiro atoms. The molecule has 2 aromatic rings. The van der Waals surface area contributed by atoms with Gasteiger partial charge < -0.3 is 35.2 Å². The van der Waals surface area contributed by atoms with Gasteiger partial charge in [0.1, 0.15) is 5.82 Å². The maximum absolute atomic E-state index is 12.3. The third-order valence-electron chi connectivity index (χ3n) is 6.58. The highest BCUT2D eigenvalue weighted by Crippen LogP contribution is 2.38. The number of likely N-dealkylation sites (tertiary alicyclic amines) is 1. The van der Waals surface area contributed by atoms with Gasteiger partial charge in [0.25, 0.3) is 5.91 Å². The fourth-order valence-corrected chi connectivity index (χ4v) is 4.57. The number of likely N-dealkylation sites (N-methyl/N-ethyl adjacent to an activating group) is 1. The number of morpholine rings is 1. The maximum Gasteiger partial charge on any atom is 0.410 e. The number of rotatable bonds is 5. The van der Waals surface area contributed by atoms with Gasteiger partial charge in [-0.3, -0.25) is 4.79 Å². The van der Waals surface area contributed by atoms with Crippen LogP contribution in [-0.4, -0.2) is 102 Å². The van der Waals surface area contributed by atoms with E-state index in [2.05, 4.69) is 32.0 Å². The topological polar surface area (TPSA) is 152 Å². The minimum absolute atomic E-state index is 0.101. The smallest absolute Gasteiger partial charge is 0.410 e. The highest BCUT2D eigenvalue weighted by atomic mass is 16.6. The van der Waals surface area contributed by atoms with E-state index in [1.807, 2.05) is 0 Å². The molecule has 3 aliphatic heterocycles. The molecule has 35 heavy (non-hydrogen) atoms. The summed E-state index contributed by atoms with van der Waals surface area (Å²) in [6.07, 6.45) is 3.65. The predicted molar refractivity (Wildman–Crippen MR) is 127 cm³/mol. The summed E-state index contributed by atoms with van der Waals surface area (Å²) >= 11 is 0. The summed E-state index contributed by atoms with van der Waals surface area (Å²) in [6, 6.07) is 0.241. The Bertz CT molecular complexity index is 1110. The van der Waals surface area contributed by atoms with Crippen molar-refractivity contribution in [3.05, 3.63) is 18.0 Å². The van der Waals surface area contributed by atoms with Crippen molar-refractivity contribution >= 4 is 29.7 Å². The highest BCUT2D eigenvalue weighted by Gasteiger charge is 2.40. The van der Waals surface area contributed by atoms with Crippen LogP contribution >= 0.6 is 0 Å². The molecule has 5 heterocycles. The third kappa shape index (κ3) is 4.50. The van der Waals surface area contributed by atoms with Crippen molar-refractivity contribution in [2.45, 2.75) is 25.4 Å². The summed E-state index contributed by atoms with van der Waals surface area (Å²) in [5.41, 5.74) is 8.32. The van der Waals surface area contributed by atoms with Crippen LogP contribution in [0.5, 0.6) is 0 Å². The Kier molecular flexibility index (Phi) is 6.24. The number of fused-ring (bicyclic) bond motifs is 1. The summed E-state index contributed by atoms with van der Waals surface area (Å²) in [6.45, 7) is 5.49. The Hall–Kier alpha value is -3.74. The van der Waals surface area contributed by atoms with Crippen LogP contribution in [-0.2, 0) is 20.7 Å². The number of nitrogens with one attached hydrogen (secondary N) is 1. The molecule has 0 bridgehead atoms. The molecule has 1 atom stereocenters. The lowest BCUT2D eigenvalue weighted by Crippen LogP contribution is -2.61. The summed E-state index contributed by atoms with van der Waals surface area (Å²) in [5.74, 6) is 1.37. The Morgan fingerprint density at radius 2 is 1.97 bits per heavy atom. The monoisotopic (exact) mass is 483 g/mol. The lowest BCUT2D eigenvalue weighted by Gasteiger charge is -2.44. The largest absolute Gasteiger partial charge is 0.439 e. The molecule has 0 aliphatic carbocycles. The lowest BCUT2D eigenvalue weighted by atomic mass is 10.1. The van der Waals surface area contributed by atoms with Crippen molar-refractivity contribution in [1.29, 1.82) is 0 Å². The van der Waals surface area contributed by atoms with E-state index in [1.165, 1.54) is 7.05 Å². The molecule has 13 heteroatoms. The fraction of sp³-hybridized carbons (Fsp3) is 0.545. The molecular formula is C22H29N9O4. The first kappa shape index (κ1) is 23.0. The zero-order valence-electron chi connectivity index (χ0n) is 19.8. The Labute approximate surface area is 202 Å². The molecule has 0 saturated carbocycles. The number of nitrogens with two attached hydrogens (primary N) is 1. The number of hydrogen-bond acceptors (Lipinski definition) is 11. The highest BCUT2D eigenvalue weighted by molar-refractivity contribution is 5.80. The number of carbonyl (C=O) groups is 2. The number of hydrogen-bond donors (Lipinski definition) is 2. The van der Waals surface area contributed by atoms with Crippen molar-refractivity contribution in [3.63, 3.8) is 0 Å². The number of nitrogen functional groups attached to an aromatic ring is 1. The van der Waals surface area contributed by atoms with Gasteiger partial charge in [-0.2, -0.15) is 4.98 Å². The van der Waals surface area contributed by atoms with Crippen LogP contribution in [0, 0.1) is 0 Å². The van der Waals surface area contributed by atoms with Crippen LogP contribution < -0.4 is 20.9 Å². The SMILES string of the molecule is CNC(=O)COC(=O)N1CC(N2CCc3c(-c4cnc(N)nc4)nc(N4CCOC[C@@H]4C)nc32)C1. The van der Waals surface area contributed by atoms with Crippen LogP contribution in [0.15, 0.2) is 12.4 Å². The number of nitrogens with zero attached hydrogens (tertiary/aromatic N) is 7. The molecule has 2 amide bonds. The Balaban J connectivity index is 1.40. The van der Waals surface area contributed by atoms with E-state index in [9.17, 15) is 9.59 Å². The molecule has 0 radical (unpaired) electrons. The molecule has 5 rings (SSSR count). The summed E-state index contributed by atoms with van der Waals surface area (Å²) in [7, 11) is 1.50. The average molecular weight is 484 g/mol. The van der Waals surface area contributed by atoms with Gasteiger partial charge in [0.05, 0.1) is 31.0 Å². The average Bonchev–Trinajstić information content (AvgIpc) is 3.25. The predicted octanol–water partition coefficient (Wildman–Crippen LogP) is -0.330. The zero-order valence-corrected chi connectivity index (χ0v) is 19.8. The Morgan fingerprint density at radius 1 is 1.20 bits per heavy atom. The molecule has 3 N–H and O–H groups in total. The number of amides is 2. The van der Waals surface area contributed by atoms with E-state index < -0.39 is 6.09 Å². The molecule has 2 aromatic heterocycles. The fourth-order valence-electron chi connectivity index (χ4n) is 4.57. The van der Waals surface area contributed by atoms with E-state index in [0.717, 1.165) is 35.6 Å². The number of carbonyl (C=O) groups excluding carboxylic acids is 2. The standard InChI is InChI=1S/C22H29N9O4/c1-13-11-34-6-5-30(13)21-27-18(14-7-25-20(23)26-8-14)16-3-4-31(19(16)28-21)15-9-29(10-15)22(33)35-12-17(32)24-2/h7-8,13,15H,3-6,9-12H2,1-2H3,(H,24,32)(H2,23,25,26)/t13-/m0/s1. The molecule has 2 saturated heterocycles. The van der Waals surface area contributed by atoms with E-state index in [1.54, 1.807) is 17.3 Å². The summed E-state index contributed by atoms with van der Waals surface area (Å²) in [4.78, 5) is 47.8. The first-order valence-corrected chi connectivity index (χ1v) is 11.7. The van der Waals surface area contributed by atoms with Gasteiger partial charge in [0, 0.05) is 56.7 Å². The van der Waals surface area contributed by atoms with Crippen molar-refractivity contribution < 1.29 is 19.1 Å². The maximum atomic E-state index is 12.3. The van der Waals surface area contributed by atoms with E-state index in [0.29, 0.717) is 38.8 Å². The first-order chi connectivity index (χ1) is 16.9. The van der Waals surface area contributed by atoms with Crippen LogP contribution in [0.1, 0.15) is 12.5 Å².